The van der Waals surface area contributed by atoms with E-state index in [-0.39, 0.29) is 0 Å². The van der Waals surface area contributed by atoms with Gasteiger partial charge in [-0.1, -0.05) is 12.1 Å². The molecule has 9 heteroatoms. The average Bonchev–Trinajstić information content (AvgIpc) is 2.61. The zero-order chi connectivity index (χ0) is 22.0. The van der Waals surface area contributed by atoms with Gasteiger partial charge in [0.1, 0.15) is 0 Å². The van der Waals surface area contributed by atoms with E-state index in [4.69, 9.17) is 0 Å². The zero-order valence-corrected chi connectivity index (χ0v) is 18.9. The standard InChI is InChI=1S/C20H32N4O4S/c1-14-7-8-15(2)17(13-14)29(27,28)24-11-9-23(10-12-24)16(3)18(25)21-19(26)22-20(4,5)6/h7-8,13,16H,9-12H2,1-6H3,(H2,21,22,25,26). The lowest BCUT2D eigenvalue weighted by molar-refractivity contribution is -0.125. The van der Waals surface area contributed by atoms with Crippen LogP contribution in [0.2, 0.25) is 0 Å². The van der Waals surface area contributed by atoms with Crippen LogP contribution < -0.4 is 10.6 Å². The van der Waals surface area contributed by atoms with E-state index in [2.05, 4.69) is 10.6 Å². The zero-order valence-electron chi connectivity index (χ0n) is 18.1. The molecule has 1 fully saturated rings. The van der Waals surface area contributed by atoms with Crippen molar-refractivity contribution in [2.75, 3.05) is 26.2 Å². The van der Waals surface area contributed by atoms with Gasteiger partial charge in [0.25, 0.3) is 0 Å². The minimum Gasteiger partial charge on any atom is -0.333 e. The molecule has 162 valence electrons. The number of urea groups is 1. The maximum Gasteiger partial charge on any atom is 0.321 e. The Bertz CT molecular complexity index is 869. The number of hydrogen-bond donors (Lipinski definition) is 2. The van der Waals surface area contributed by atoms with Gasteiger partial charge < -0.3 is 5.32 Å². The topological polar surface area (TPSA) is 98.8 Å². The van der Waals surface area contributed by atoms with Crippen molar-refractivity contribution in [3.05, 3.63) is 29.3 Å². The third-order valence-corrected chi connectivity index (χ3v) is 6.93. The molecule has 0 bridgehead atoms. The first-order valence-corrected chi connectivity index (χ1v) is 11.2. The molecule has 1 aliphatic rings. The monoisotopic (exact) mass is 424 g/mol. The Morgan fingerprint density at radius 1 is 1.07 bits per heavy atom. The molecule has 3 amide bonds. The molecule has 2 N–H and O–H groups in total. The van der Waals surface area contributed by atoms with Crippen LogP contribution in [0.25, 0.3) is 0 Å². The maximum absolute atomic E-state index is 13.0. The first kappa shape index (κ1) is 23.3. The van der Waals surface area contributed by atoms with Crippen molar-refractivity contribution < 1.29 is 18.0 Å². The summed E-state index contributed by atoms with van der Waals surface area (Å²) in [6.07, 6.45) is 0. The minimum atomic E-state index is -3.58. The van der Waals surface area contributed by atoms with E-state index in [1.54, 1.807) is 19.9 Å². The van der Waals surface area contributed by atoms with Crippen LogP contribution in [-0.4, -0.2) is 67.3 Å². The van der Waals surface area contributed by atoms with E-state index in [1.165, 1.54) is 4.31 Å². The second-order valence-electron chi connectivity index (χ2n) is 8.58. The molecule has 8 nitrogen and oxygen atoms in total. The minimum absolute atomic E-state index is 0.293. The fraction of sp³-hybridized carbons (Fsp3) is 0.600. The Morgan fingerprint density at radius 3 is 2.21 bits per heavy atom. The Kier molecular flexibility index (Phi) is 7.08. The van der Waals surface area contributed by atoms with Crippen LogP contribution in [0.1, 0.15) is 38.8 Å². The maximum atomic E-state index is 13.0. The number of piperazine rings is 1. The molecule has 0 spiro atoms. The van der Waals surface area contributed by atoms with Crippen LogP contribution >= 0.6 is 0 Å². The molecule has 1 aliphatic heterocycles. The van der Waals surface area contributed by atoms with Gasteiger partial charge in [0.2, 0.25) is 15.9 Å². The number of carbonyl (C=O) groups excluding carboxylic acids is 2. The van der Waals surface area contributed by atoms with Crippen molar-refractivity contribution >= 4 is 22.0 Å². The molecule has 0 aromatic heterocycles. The molecule has 1 heterocycles. The summed E-state index contributed by atoms with van der Waals surface area (Å²) < 4.78 is 27.5. The quantitative estimate of drug-likeness (QED) is 0.765. The normalized spacial score (nSPS) is 17.6. The van der Waals surface area contributed by atoms with Crippen LogP contribution in [0.3, 0.4) is 0 Å². The number of sulfonamides is 1. The van der Waals surface area contributed by atoms with Crippen LogP contribution in [0.4, 0.5) is 4.79 Å². The Labute approximate surface area is 173 Å². The predicted octanol–water partition coefficient (Wildman–Crippen LogP) is 1.62. The molecule has 0 saturated carbocycles. The van der Waals surface area contributed by atoms with Crippen LogP contribution in [0.15, 0.2) is 23.1 Å². The highest BCUT2D eigenvalue weighted by molar-refractivity contribution is 7.89. The first-order valence-electron chi connectivity index (χ1n) is 9.76. The second kappa shape index (κ2) is 8.81. The number of benzene rings is 1. The van der Waals surface area contributed by atoms with Gasteiger partial charge >= 0.3 is 6.03 Å². The highest BCUT2D eigenvalue weighted by atomic mass is 32.2. The van der Waals surface area contributed by atoms with Gasteiger partial charge in [-0.2, -0.15) is 4.31 Å². The molecule has 0 aliphatic carbocycles. The van der Waals surface area contributed by atoms with E-state index in [0.29, 0.717) is 31.1 Å². The number of hydrogen-bond acceptors (Lipinski definition) is 5. The Balaban J connectivity index is 1.98. The van der Waals surface area contributed by atoms with Gasteiger partial charge in [-0.15, -0.1) is 0 Å². The van der Waals surface area contributed by atoms with Crippen molar-refractivity contribution in [2.24, 2.45) is 0 Å². The molecule has 29 heavy (non-hydrogen) atoms. The van der Waals surface area contributed by atoms with Gasteiger partial charge in [0, 0.05) is 31.7 Å². The number of imide groups is 1. The lowest BCUT2D eigenvalue weighted by atomic mass is 10.1. The van der Waals surface area contributed by atoms with Crippen molar-refractivity contribution in [3.63, 3.8) is 0 Å². The van der Waals surface area contributed by atoms with Crippen LogP contribution in [0.5, 0.6) is 0 Å². The fourth-order valence-electron chi connectivity index (χ4n) is 3.21. The summed E-state index contributed by atoms with van der Waals surface area (Å²) >= 11 is 0. The number of rotatable bonds is 4. The van der Waals surface area contributed by atoms with Crippen molar-refractivity contribution in [3.8, 4) is 0 Å². The molecule has 1 aromatic rings. The summed E-state index contributed by atoms with van der Waals surface area (Å²) in [5.74, 6) is -0.405. The van der Waals surface area contributed by atoms with Gasteiger partial charge in [-0.3, -0.25) is 15.0 Å². The van der Waals surface area contributed by atoms with Gasteiger partial charge in [0.15, 0.2) is 0 Å². The van der Waals surface area contributed by atoms with Crippen molar-refractivity contribution in [2.45, 2.75) is 58.0 Å². The average molecular weight is 425 g/mol. The highest BCUT2D eigenvalue weighted by Gasteiger charge is 2.33. The second-order valence-corrected chi connectivity index (χ2v) is 10.5. The smallest absolute Gasteiger partial charge is 0.321 e. The fourth-order valence-corrected chi connectivity index (χ4v) is 4.94. The highest BCUT2D eigenvalue weighted by Crippen LogP contribution is 2.22. The van der Waals surface area contributed by atoms with Crippen molar-refractivity contribution in [1.29, 1.82) is 0 Å². The van der Waals surface area contributed by atoms with Crippen molar-refractivity contribution in [1.82, 2.24) is 19.8 Å². The lowest BCUT2D eigenvalue weighted by Gasteiger charge is -2.37. The molecule has 1 unspecified atom stereocenters. The van der Waals surface area contributed by atoms with E-state index in [0.717, 1.165) is 11.1 Å². The van der Waals surface area contributed by atoms with E-state index in [9.17, 15) is 18.0 Å². The molecule has 1 aromatic carbocycles. The Morgan fingerprint density at radius 2 is 1.66 bits per heavy atom. The first-order chi connectivity index (χ1) is 13.3. The number of carbonyl (C=O) groups is 2. The van der Waals surface area contributed by atoms with Crippen LogP contribution in [-0.2, 0) is 14.8 Å². The van der Waals surface area contributed by atoms with E-state index in [1.807, 2.05) is 44.7 Å². The summed E-state index contributed by atoms with van der Waals surface area (Å²) in [5, 5.41) is 5.04. The third-order valence-electron chi connectivity index (χ3n) is 4.89. The Hall–Kier alpha value is -1.97. The summed E-state index contributed by atoms with van der Waals surface area (Å²) in [7, 11) is -3.58. The molecule has 2 rings (SSSR count). The summed E-state index contributed by atoms with van der Waals surface area (Å²) in [6.45, 7) is 12.3. The van der Waals surface area contributed by atoms with E-state index >= 15 is 0 Å². The molecule has 1 saturated heterocycles. The van der Waals surface area contributed by atoms with Crippen LogP contribution in [0, 0.1) is 13.8 Å². The number of aryl methyl sites for hydroxylation is 2. The summed E-state index contributed by atoms with van der Waals surface area (Å²) in [4.78, 5) is 26.5. The largest absolute Gasteiger partial charge is 0.333 e. The number of amides is 3. The van der Waals surface area contributed by atoms with Gasteiger partial charge in [-0.25, -0.2) is 13.2 Å². The molecular formula is C20H32N4O4S. The lowest BCUT2D eigenvalue weighted by Crippen LogP contribution is -2.57. The molecule has 0 radical (unpaired) electrons. The number of nitrogens with zero attached hydrogens (tertiary/aromatic N) is 2. The van der Waals surface area contributed by atoms with E-state index < -0.39 is 33.5 Å². The van der Waals surface area contributed by atoms with Gasteiger partial charge in [-0.05, 0) is 58.7 Å². The summed E-state index contributed by atoms with van der Waals surface area (Å²) in [6, 6.07) is 4.33. The SMILES string of the molecule is Cc1ccc(C)c(S(=O)(=O)N2CCN(C(C)C(=O)NC(=O)NC(C)(C)C)CC2)c1. The number of nitrogens with one attached hydrogen (secondary N) is 2. The summed E-state index contributed by atoms with van der Waals surface area (Å²) in [5.41, 5.74) is 1.17. The van der Waals surface area contributed by atoms with Gasteiger partial charge in [0.05, 0.1) is 10.9 Å². The molecule has 1 atom stereocenters. The molecular weight excluding hydrogens is 392 g/mol. The third kappa shape index (κ3) is 6.01. The predicted molar refractivity (Wildman–Crippen MR) is 112 cm³/mol.